The number of benzene rings is 2. The van der Waals surface area contributed by atoms with E-state index in [2.05, 4.69) is 5.32 Å². The van der Waals surface area contributed by atoms with Crippen molar-refractivity contribution in [3.05, 3.63) is 42.5 Å². The quantitative estimate of drug-likeness (QED) is 0.821. The zero-order valence-electron chi connectivity index (χ0n) is 15.9. The Hall–Kier alpha value is -1.96. The van der Waals surface area contributed by atoms with Crippen molar-refractivity contribution in [3.63, 3.8) is 0 Å². The van der Waals surface area contributed by atoms with Gasteiger partial charge in [-0.2, -0.15) is 4.31 Å². The Bertz CT molecular complexity index is 906. The molecule has 3 rings (SSSR count). The van der Waals surface area contributed by atoms with E-state index in [1.165, 1.54) is 4.31 Å². The molecule has 27 heavy (non-hydrogen) atoms. The summed E-state index contributed by atoms with van der Waals surface area (Å²) in [5, 5.41) is 4.84. The summed E-state index contributed by atoms with van der Waals surface area (Å²) in [6.07, 6.45) is 0.899. The molecule has 2 aromatic carbocycles. The first-order chi connectivity index (χ1) is 12.9. The molecule has 1 fully saturated rings. The highest BCUT2D eigenvalue weighted by molar-refractivity contribution is 7.89. The topological polar surface area (TPSA) is 69.7 Å². The third kappa shape index (κ3) is 4.31. The molecule has 0 aromatic heterocycles. The monoisotopic (exact) mass is 389 g/mol. The van der Waals surface area contributed by atoms with Crippen molar-refractivity contribution in [3.8, 4) is 0 Å². The Labute approximate surface area is 161 Å². The Morgan fingerprint density at radius 2 is 1.74 bits per heavy atom. The van der Waals surface area contributed by atoms with Crippen LogP contribution in [0.1, 0.15) is 20.3 Å². The molecule has 0 saturated carbocycles. The summed E-state index contributed by atoms with van der Waals surface area (Å²) in [5.41, 5.74) is 0. The van der Waals surface area contributed by atoms with Crippen molar-refractivity contribution in [1.29, 1.82) is 0 Å². The number of carbonyl (C=O) groups is 1. The minimum Gasteiger partial charge on any atom is -0.355 e. The predicted molar refractivity (Wildman–Crippen MR) is 107 cm³/mol. The number of amides is 1. The van der Waals surface area contributed by atoms with Crippen LogP contribution in [0.5, 0.6) is 0 Å². The molecule has 7 heteroatoms. The maximum atomic E-state index is 13.0. The van der Waals surface area contributed by atoms with Crippen LogP contribution in [0, 0.1) is 0 Å². The maximum absolute atomic E-state index is 13.0. The van der Waals surface area contributed by atoms with E-state index in [0.29, 0.717) is 37.6 Å². The van der Waals surface area contributed by atoms with Gasteiger partial charge in [-0.3, -0.25) is 9.69 Å². The molecule has 1 heterocycles. The van der Waals surface area contributed by atoms with E-state index < -0.39 is 10.0 Å². The van der Waals surface area contributed by atoms with E-state index in [1.54, 1.807) is 12.1 Å². The van der Waals surface area contributed by atoms with Crippen LogP contribution >= 0.6 is 0 Å². The molecule has 0 radical (unpaired) electrons. The lowest BCUT2D eigenvalue weighted by Crippen LogP contribution is -2.54. The van der Waals surface area contributed by atoms with Crippen molar-refractivity contribution in [2.75, 3.05) is 32.7 Å². The van der Waals surface area contributed by atoms with E-state index in [4.69, 9.17) is 0 Å². The second-order valence-corrected chi connectivity index (χ2v) is 8.85. The summed E-state index contributed by atoms with van der Waals surface area (Å²) in [5.74, 6) is 0.00249. The first-order valence-electron chi connectivity index (χ1n) is 9.44. The molecule has 0 bridgehead atoms. The smallest absolute Gasteiger partial charge is 0.243 e. The lowest BCUT2D eigenvalue weighted by molar-refractivity contribution is -0.126. The zero-order valence-corrected chi connectivity index (χ0v) is 16.7. The van der Waals surface area contributed by atoms with Gasteiger partial charge in [0.2, 0.25) is 15.9 Å². The Balaban J connectivity index is 1.68. The largest absolute Gasteiger partial charge is 0.355 e. The second-order valence-electron chi connectivity index (χ2n) is 6.92. The summed E-state index contributed by atoms with van der Waals surface area (Å²) in [7, 11) is -3.53. The summed E-state index contributed by atoms with van der Waals surface area (Å²) < 4.78 is 27.5. The van der Waals surface area contributed by atoms with Gasteiger partial charge >= 0.3 is 0 Å². The average molecular weight is 390 g/mol. The molecule has 1 N–H and O–H groups in total. The van der Waals surface area contributed by atoms with Crippen LogP contribution in [0.25, 0.3) is 10.8 Å². The van der Waals surface area contributed by atoms with E-state index >= 15 is 0 Å². The molecule has 2 aromatic rings. The number of sulfonamides is 1. The van der Waals surface area contributed by atoms with Gasteiger partial charge in [0.25, 0.3) is 0 Å². The number of piperazine rings is 1. The number of nitrogens with one attached hydrogen (secondary N) is 1. The summed E-state index contributed by atoms with van der Waals surface area (Å²) in [4.78, 5) is 14.5. The van der Waals surface area contributed by atoms with Crippen LogP contribution in [-0.2, 0) is 14.8 Å². The van der Waals surface area contributed by atoms with Gasteiger partial charge in [0.1, 0.15) is 0 Å². The molecule has 6 nitrogen and oxygen atoms in total. The predicted octanol–water partition coefficient (Wildman–Crippen LogP) is 2.06. The van der Waals surface area contributed by atoms with Crippen molar-refractivity contribution in [1.82, 2.24) is 14.5 Å². The van der Waals surface area contributed by atoms with Crippen molar-refractivity contribution in [2.45, 2.75) is 31.2 Å². The molecule has 1 aliphatic rings. The summed E-state index contributed by atoms with van der Waals surface area (Å²) in [6.45, 7) is 6.43. The first kappa shape index (κ1) is 19.8. The number of rotatable bonds is 6. The zero-order chi connectivity index (χ0) is 19.4. The minimum atomic E-state index is -3.53. The van der Waals surface area contributed by atoms with E-state index in [-0.39, 0.29) is 11.9 Å². The molecule has 1 atom stereocenters. The number of carbonyl (C=O) groups excluding carboxylic acids is 1. The molecular weight excluding hydrogens is 362 g/mol. The number of fused-ring (bicyclic) bond motifs is 1. The van der Waals surface area contributed by atoms with Crippen molar-refractivity contribution < 1.29 is 13.2 Å². The normalized spacial score (nSPS) is 17.7. The average Bonchev–Trinajstić information content (AvgIpc) is 2.71. The number of hydrogen-bond donors (Lipinski definition) is 1. The van der Waals surface area contributed by atoms with Crippen LogP contribution in [0.4, 0.5) is 0 Å². The van der Waals surface area contributed by atoms with Gasteiger partial charge in [0.15, 0.2) is 0 Å². The van der Waals surface area contributed by atoms with E-state index in [9.17, 15) is 13.2 Å². The summed E-state index contributed by atoms with van der Waals surface area (Å²) in [6, 6.07) is 12.7. The molecule has 0 aliphatic carbocycles. The highest BCUT2D eigenvalue weighted by atomic mass is 32.2. The first-order valence-corrected chi connectivity index (χ1v) is 10.9. The van der Waals surface area contributed by atoms with Gasteiger partial charge in [-0.05, 0) is 36.2 Å². The van der Waals surface area contributed by atoms with Crippen molar-refractivity contribution >= 4 is 26.7 Å². The fraction of sp³-hybridized carbons (Fsp3) is 0.450. The van der Waals surface area contributed by atoms with Crippen molar-refractivity contribution in [2.24, 2.45) is 0 Å². The molecule has 0 spiro atoms. The highest BCUT2D eigenvalue weighted by Crippen LogP contribution is 2.23. The highest BCUT2D eigenvalue weighted by Gasteiger charge is 2.31. The van der Waals surface area contributed by atoms with Gasteiger partial charge in [0, 0.05) is 32.7 Å². The van der Waals surface area contributed by atoms with Crippen LogP contribution < -0.4 is 5.32 Å². The molecule has 1 saturated heterocycles. The van der Waals surface area contributed by atoms with Gasteiger partial charge in [-0.25, -0.2) is 8.42 Å². The van der Waals surface area contributed by atoms with Gasteiger partial charge in [0.05, 0.1) is 10.9 Å². The lowest BCUT2D eigenvalue weighted by Gasteiger charge is -2.36. The molecule has 146 valence electrons. The molecule has 1 amide bonds. The van der Waals surface area contributed by atoms with Gasteiger partial charge in [-0.1, -0.05) is 37.3 Å². The fourth-order valence-electron chi connectivity index (χ4n) is 3.37. The fourth-order valence-corrected chi connectivity index (χ4v) is 4.83. The third-order valence-corrected chi connectivity index (χ3v) is 7.00. The second kappa shape index (κ2) is 8.37. The number of nitrogens with zero attached hydrogens (tertiary/aromatic N) is 2. The SMILES string of the molecule is CCCNC(=O)C(C)N1CCN(S(=O)(=O)c2ccc3ccccc3c2)CC1. The Morgan fingerprint density at radius 3 is 2.41 bits per heavy atom. The van der Waals surface area contributed by atoms with Crippen LogP contribution in [0.2, 0.25) is 0 Å². The Morgan fingerprint density at radius 1 is 1.07 bits per heavy atom. The standard InChI is InChI=1S/C20H27N3O3S/c1-3-10-21-20(24)16(2)22-11-13-23(14-12-22)27(25,26)19-9-8-17-6-4-5-7-18(17)15-19/h4-9,15-16H,3,10-14H2,1-2H3,(H,21,24). The van der Waals surface area contributed by atoms with E-state index in [1.807, 2.05) is 49.1 Å². The van der Waals surface area contributed by atoms with Gasteiger partial charge in [-0.15, -0.1) is 0 Å². The Kier molecular flexibility index (Phi) is 6.14. The maximum Gasteiger partial charge on any atom is 0.243 e. The summed E-state index contributed by atoms with van der Waals surface area (Å²) >= 11 is 0. The molecular formula is C20H27N3O3S. The molecule has 1 aliphatic heterocycles. The van der Waals surface area contributed by atoms with E-state index in [0.717, 1.165) is 17.2 Å². The van der Waals surface area contributed by atoms with Crippen LogP contribution in [0.15, 0.2) is 47.4 Å². The molecule has 1 unspecified atom stereocenters. The third-order valence-electron chi connectivity index (χ3n) is 5.11. The van der Waals surface area contributed by atoms with Gasteiger partial charge < -0.3 is 5.32 Å². The number of hydrogen-bond acceptors (Lipinski definition) is 4. The van der Waals surface area contributed by atoms with Crippen LogP contribution in [-0.4, -0.2) is 62.3 Å². The lowest BCUT2D eigenvalue weighted by atomic mass is 10.1. The minimum absolute atomic E-state index is 0.00249. The van der Waals surface area contributed by atoms with Crippen LogP contribution in [0.3, 0.4) is 0 Å².